The van der Waals surface area contributed by atoms with Gasteiger partial charge in [0.2, 0.25) is 0 Å². The summed E-state index contributed by atoms with van der Waals surface area (Å²) in [6.45, 7) is 1.72. The molecule has 156 valence electrons. The number of nitrogens with zero attached hydrogens (tertiary/aromatic N) is 3. The van der Waals surface area contributed by atoms with E-state index in [0.717, 1.165) is 5.56 Å². The first kappa shape index (κ1) is 20.4. The lowest BCUT2D eigenvalue weighted by Crippen LogP contribution is -2.39. The number of fused-ring (bicyclic) bond motifs is 1. The molecule has 0 aliphatic carbocycles. The van der Waals surface area contributed by atoms with Crippen LogP contribution in [0.3, 0.4) is 0 Å². The highest BCUT2D eigenvalue weighted by atomic mass is 32.1. The van der Waals surface area contributed by atoms with Crippen LogP contribution in [0.5, 0.6) is 0 Å². The topological polar surface area (TPSA) is 104 Å². The molecule has 0 spiro atoms. The van der Waals surface area contributed by atoms with Crippen LogP contribution in [0.25, 0.3) is 6.08 Å². The van der Waals surface area contributed by atoms with Gasteiger partial charge in [0, 0.05) is 12.1 Å². The van der Waals surface area contributed by atoms with Crippen molar-refractivity contribution in [2.75, 3.05) is 7.11 Å². The van der Waals surface area contributed by atoms with Crippen molar-refractivity contribution in [1.82, 2.24) is 4.57 Å². The Kier molecular flexibility index (Phi) is 5.35. The van der Waals surface area contributed by atoms with E-state index in [2.05, 4.69) is 4.99 Å². The zero-order chi connectivity index (χ0) is 22.1. The molecule has 31 heavy (non-hydrogen) atoms. The summed E-state index contributed by atoms with van der Waals surface area (Å²) in [5.41, 5.74) is 1.88. The maximum Gasteiger partial charge on any atom is 0.338 e. The number of nitro groups is 1. The Bertz CT molecular complexity index is 1390. The van der Waals surface area contributed by atoms with Crippen LogP contribution in [0.4, 0.5) is 5.69 Å². The summed E-state index contributed by atoms with van der Waals surface area (Å²) < 4.78 is 6.87. The molecule has 2 aromatic carbocycles. The lowest BCUT2D eigenvalue weighted by Gasteiger charge is -2.24. The summed E-state index contributed by atoms with van der Waals surface area (Å²) in [4.78, 5) is 41.2. The number of allylic oxidation sites excluding steroid dienone is 1. The summed E-state index contributed by atoms with van der Waals surface area (Å²) in [6.07, 6.45) is 1.66. The van der Waals surface area contributed by atoms with Crippen LogP contribution in [0, 0.1) is 10.1 Å². The molecular formula is C22H17N3O5S. The minimum atomic E-state index is -0.663. The highest BCUT2D eigenvalue weighted by Crippen LogP contribution is 2.30. The summed E-state index contributed by atoms with van der Waals surface area (Å²) in [6, 6.07) is 14.5. The van der Waals surface area contributed by atoms with E-state index < -0.39 is 16.9 Å². The van der Waals surface area contributed by atoms with Crippen molar-refractivity contribution in [3.63, 3.8) is 0 Å². The van der Waals surface area contributed by atoms with E-state index in [1.54, 1.807) is 25.1 Å². The molecule has 1 aliphatic heterocycles. The first-order valence-corrected chi connectivity index (χ1v) is 10.1. The zero-order valence-corrected chi connectivity index (χ0v) is 17.5. The van der Waals surface area contributed by atoms with Crippen LogP contribution >= 0.6 is 11.3 Å². The van der Waals surface area contributed by atoms with Gasteiger partial charge in [-0.25, -0.2) is 9.79 Å². The van der Waals surface area contributed by atoms with Crippen molar-refractivity contribution in [3.8, 4) is 0 Å². The van der Waals surface area contributed by atoms with Gasteiger partial charge in [-0.3, -0.25) is 19.5 Å². The molecule has 9 heteroatoms. The van der Waals surface area contributed by atoms with Crippen LogP contribution in [-0.4, -0.2) is 22.6 Å². The van der Waals surface area contributed by atoms with E-state index in [1.807, 2.05) is 30.3 Å². The first-order valence-electron chi connectivity index (χ1n) is 9.31. The van der Waals surface area contributed by atoms with Crippen LogP contribution in [0.1, 0.15) is 24.1 Å². The average Bonchev–Trinajstić information content (AvgIpc) is 3.07. The number of non-ortho nitro benzene ring substituents is 1. The predicted octanol–water partition coefficient (Wildman–Crippen LogP) is 2.32. The minimum absolute atomic E-state index is 0.0268. The fourth-order valence-corrected chi connectivity index (χ4v) is 4.53. The van der Waals surface area contributed by atoms with Crippen molar-refractivity contribution in [3.05, 3.63) is 107 Å². The third-order valence-corrected chi connectivity index (χ3v) is 5.93. The number of methoxy groups -OCH3 is 1. The smallest absolute Gasteiger partial charge is 0.338 e. The van der Waals surface area contributed by atoms with Gasteiger partial charge >= 0.3 is 5.97 Å². The average molecular weight is 435 g/mol. The van der Waals surface area contributed by atoms with Gasteiger partial charge in [0.05, 0.1) is 33.9 Å². The number of carbonyl (C=O) groups excluding carboxylic acids is 1. The molecule has 1 atom stereocenters. The standard InChI is InChI=1S/C22H17N3O5S/c1-13-18(21(27)30-2)19(15-6-4-3-5-7-15)24-20(26)17(31-22(24)23-13)12-14-8-10-16(11-9-14)25(28)29/h3-12,19H,1-2H3. The quantitative estimate of drug-likeness (QED) is 0.355. The maximum atomic E-state index is 13.3. The molecule has 0 saturated heterocycles. The first-order chi connectivity index (χ1) is 14.9. The SMILES string of the molecule is COC(=O)C1=C(C)N=c2sc(=Cc3ccc([N+](=O)[O-])cc3)c(=O)n2C1c1ccccc1. The number of benzene rings is 2. The normalized spacial score (nSPS) is 15.9. The number of ether oxygens (including phenoxy) is 1. The number of hydrogen-bond donors (Lipinski definition) is 0. The lowest BCUT2D eigenvalue weighted by atomic mass is 9.96. The summed E-state index contributed by atoms with van der Waals surface area (Å²) in [5, 5.41) is 10.9. The van der Waals surface area contributed by atoms with Crippen LogP contribution in [0.15, 0.2) is 75.7 Å². The third kappa shape index (κ3) is 3.71. The minimum Gasteiger partial charge on any atom is -0.466 e. The second kappa shape index (κ2) is 8.11. The number of rotatable bonds is 4. The lowest BCUT2D eigenvalue weighted by molar-refractivity contribution is -0.384. The van der Waals surface area contributed by atoms with Crippen LogP contribution in [0.2, 0.25) is 0 Å². The largest absolute Gasteiger partial charge is 0.466 e. The van der Waals surface area contributed by atoms with E-state index in [1.165, 1.54) is 35.1 Å². The van der Waals surface area contributed by atoms with Crippen LogP contribution < -0.4 is 14.9 Å². The predicted molar refractivity (Wildman–Crippen MR) is 115 cm³/mol. The van der Waals surface area contributed by atoms with Gasteiger partial charge < -0.3 is 4.74 Å². The zero-order valence-electron chi connectivity index (χ0n) is 16.6. The van der Waals surface area contributed by atoms with Gasteiger partial charge in [0.1, 0.15) is 0 Å². The van der Waals surface area contributed by atoms with Crippen molar-refractivity contribution in [2.45, 2.75) is 13.0 Å². The molecular weight excluding hydrogens is 418 g/mol. The number of esters is 1. The highest BCUT2D eigenvalue weighted by Gasteiger charge is 2.32. The Morgan fingerprint density at radius 3 is 2.48 bits per heavy atom. The molecule has 0 saturated carbocycles. The third-order valence-electron chi connectivity index (χ3n) is 4.94. The monoisotopic (exact) mass is 435 g/mol. The Morgan fingerprint density at radius 2 is 1.87 bits per heavy atom. The summed E-state index contributed by atoms with van der Waals surface area (Å²) in [7, 11) is 1.30. The highest BCUT2D eigenvalue weighted by molar-refractivity contribution is 7.07. The number of hydrogen-bond acceptors (Lipinski definition) is 7. The molecule has 0 bridgehead atoms. The number of thiazole rings is 1. The molecule has 3 aromatic rings. The van der Waals surface area contributed by atoms with Crippen LogP contribution in [-0.2, 0) is 9.53 Å². The molecule has 1 aliphatic rings. The number of nitro benzene ring substituents is 1. The van der Waals surface area contributed by atoms with Gasteiger partial charge in [0.15, 0.2) is 4.80 Å². The van der Waals surface area contributed by atoms with Crippen molar-refractivity contribution in [1.29, 1.82) is 0 Å². The second-order valence-electron chi connectivity index (χ2n) is 6.83. The Morgan fingerprint density at radius 1 is 1.19 bits per heavy atom. The van der Waals surface area contributed by atoms with E-state index in [9.17, 15) is 19.7 Å². The number of carbonyl (C=O) groups is 1. The van der Waals surface area contributed by atoms with E-state index in [0.29, 0.717) is 26.2 Å². The Hall–Kier alpha value is -3.85. The molecule has 8 nitrogen and oxygen atoms in total. The van der Waals surface area contributed by atoms with Gasteiger partial charge in [-0.15, -0.1) is 0 Å². The van der Waals surface area contributed by atoms with Gasteiger partial charge in [-0.1, -0.05) is 41.7 Å². The molecule has 0 amide bonds. The molecule has 2 heterocycles. The van der Waals surface area contributed by atoms with Crippen molar-refractivity contribution >= 4 is 29.1 Å². The van der Waals surface area contributed by atoms with Gasteiger partial charge in [-0.05, 0) is 36.3 Å². The van der Waals surface area contributed by atoms with Crippen molar-refractivity contribution in [2.24, 2.45) is 4.99 Å². The fraction of sp³-hybridized carbons (Fsp3) is 0.136. The van der Waals surface area contributed by atoms with E-state index in [4.69, 9.17) is 4.74 Å². The number of aromatic nitrogens is 1. The second-order valence-corrected chi connectivity index (χ2v) is 7.84. The van der Waals surface area contributed by atoms with Crippen molar-refractivity contribution < 1.29 is 14.5 Å². The fourth-order valence-electron chi connectivity index (χ4n) is 3.49. The Balaban J connectivity index is 1.92. The van der Waals surface area contributed by atoms with E-state index >= 15 is 0 Å². The molecule has 1 aromatic heterocycles. The molecule has 0 radical (unpaired) electrons. The summed E-state index contributed by atoms with van der Waals surface area (Å²) in [5.74, 6) is -0.542. The Labute approximate surface area is 180 Å². The molecule has 4 rings (SSSR count). The molecule has 1 unspecified atom stereocenters. The maximum absolute atomic E-state index is 13.3. The summed E-state index contributed by atoms with van der Waals surface area (Å²) >= 11 is 1.20. The van der Waals surface area contributed by atoms with Gasteiger partial charge in [-0.2, -0.15) is 0 Å². The molecule has 0 fully saturated rings. The van der Waals surface area contributed by atoms with E-state index in [-0.39, 0.29) is 11.2 Å². The van der Waals surface area contributed by atoms with Gasteiger partial charge in [0.25, 0.3) is 11.2 Å². The molecule has 0 N–H and O–H groups in total.